The van der Waals surface area contributed by atoms with Crippen LogP contribution in [-0.2, 0) is 4.79 Å². The van der Waals surface area contributed by atoms with Crippen molar-refractivity contribution >= 4 is 11.8 Å². The standard InChI is InChI=1S/C12H10F4O3/c13-9-3-1-7(2-4-9)10(17)5-8(6-11(18)19)12(14,15)16/h1-4,8H,5-6H2,(H,18,19)/t8-/m0/s1. The summed E-state index contributed by atoms with van der Waals surface area (Å²) >= 11 is 0. The highest BCUT2D eigenvalue weighted by Gasteiger charge is 2.42. The number of hydrogen-bond acceptors (Lipinski definition) is 2. The summed E-state index contributed by atoms with van der Waals surface area (Å²) in [7, 11) is 0. The van der Waals surface area contributed by atoms with E-state index in [1.165, 1.54) is 0 Å². The lowest BCUT2D eigenvalue weighted by molar-refractivity contribution is -0.182. The number of hydrogen-bond donors (Lipinski definition) is 1. The normalized spacial score (nSPS) is 13.1. The number of alkyl halides is 3. The number of carboxylic acids is 1. The number of carboxylic acid groups (broad SMARTS) is 1. The fourth-order valence-electron chi connectivity index (χ4n) is 1.49. The van der Waals surface area contributed by atoms with Gasteiger partial charge in [0.25, 0.3) is 0 Å². The van der Waals surface area contributed by atoms with Gasteiger partial charge in [-0.2, -0.15) is 13.2 Å². The van der Waals surface area contributed by atoms with Crippen LogP contribution in [0.15, 0.2) is 24.3 Å². The molecule has 0 bridgehead atoms. The third-order valence-corrected chi connectivity index (χ3v) is 2.48. The summed E-state index contributed by atoms with van der Waals surface area (Å²) in [6, 6.07) is 4.03. The van der Waals surface area contributed by atoms with Crippen molar-refractivity contribution in [2.24, 2.45) is 5.92 Å². The van der Waals surface area contributed by atoms with E-state index in [0.717, 1.165) is 24.3 Å². The largest absolute Gasteiger partial charge is 0.481 e. The van der Waals surface area contributed by atoms with Crippen molar-refractivity contribution < 1.29 is 32.3 Å². The highest BCUT2D eigenvalue weighted by molar-refractivity contribution is 5.96. The van der Waals surface area contributed by atoms with Gasteiger partial charge in [0.1, 0.15) is 5.82 Å². The van der Waals surface area contributed by atoms with E-state index in [-0.39, 0.29) is 5.56 Å². The van der Waals surface area contributed by atoms with E-state index in [2.05, 4.69) is 0 Å². The maximum absolute atomic E-state index is 12.6. The quantitative estimate of drug-likeness (QED) is 0.665. The number of rotatable bonds is 5. The first-order chi connectivity index (χ1) is 8.70. The summed E-state index contributed by atoms with van der Waals surface area (Å²) in [5.74, 6) is -5.37. The predicted molar refractivity (Wildman–Crippen MR) is 57.1 cm³/mol. The number of Topliss-reactive ketones (excluding diaryl/α,β-unsaturated/α-hetero) is 1. The lowest BCUT2D eigenvalue weighted by Gasteiger charge is -2.17. The molecule has 1 aromatic carbocycles. The van der Waals surface area contributed by atoms with E-state index in [0.29, 0.717) is 0 Å². The molecule has 0 aliphatic rings. The Morgan fingerprint density at radius 1 is 1.11 bits per heavy atom. The molecule has 0 aliphatic carbocycles. The molecule has 3 nitrogen and oxygen atoms in total. The number of benzene rings is 1. The van der Waals surface area contributed by atoms with Crippen molar-refractivity contribution in [3.05, 3.63) is 35.6 Å². The Morgan fingerprint density at radius 2 is 1.63 bits per heavy atom. The second-order valence-corrected chi connectivity index (χ2v) is 3.97. The molecule has 19 heavy (non-hydrogen) atoms. The zero-order valence-electron chi connectivity index (χ0n) is 9.58. The molecule has 104 valence electrons. The maximum atomic E-state index is 12.6. The van der Waals surface area contributed by atoms with E-state index in [1.54, 1.807) is 0 Å². The molecular formula is C12H10F4O3. The Labute approximate surface area is 105 Å². The molecule has 1 aromatic rings. The third kappa shape index (κ3) is 4.69. The molecular weight excluding hydrogens is 268 g/mol. The average molecular weight is 278 g/mol. The van der Waals surface area contributed by atoms with Crippen molar-refractivity contribution in [3.63, 3.8) is 0 Å². The average Bonchev–Trinajstić information content (AvgIpc) is 2.27. The van der Waals surface area contributed by atoms with E-state index < -0.39 is 42.5 Å². The number of carbonyl (C=O) groups is 2. The lowest BCUT2D eigenvalue weighted by Crippen LogP contribution is -2.28. The SMILES string of the molecule is O=C(O)C[C@H](CC(=O)c1ccc(F)cc1)C(F)(F)F. The summed E-state index contributed by atoms with van der Waals surface area (Å²) < 4.78 is 50.2. The number of halogens is 4. The maximum Gasteiger partial charge on any atom is 0.392 e. The topological polar surface area (TPSA) is 54.4 Å². The van der Waals surface area contributed by atoms with Crippen LogP contribution in [0, 0.1) is 11.7 Å². The molecule has 0 saturated carbocycles. The van der Waals surface area contributed by atoms with Crippen LogP contribution in [0.1, 0.15) is 23.2 Å². The first-order valence-corrected chi connectivity index (χ1v) is 5.27. The van der Waals surface area contributed by atoms with Crippen molar-refractivity contribution in [3.8, 4) is 0 Å². The fraction of sp³-hybridized carbons (Fsp3) is 0.333. The second kappa shape index (κ2) is 5.81. The van der Waals surface area contributed by atoms with Gasteiger partial charge in [-0.3, -0.25) is 9.59 Å². The summed E-state index contributed by atoms with van der Waals surface area (Å²) in [6.07, 6.45) is -6.91. The molecule has 0 saturated heterocycles. The Bertz CT molecular complexity index is 465. The highest BCUT2D eigenvalue weighted by Crippen LogP contribution is 2.32. The van der Waals surface area contributed by atoms with Crippen LogP contribution in [-0.4, -0.2) is 23.0 Å². The monoisotopic (exact) mass is 278 g/mol. The first kappa shape index (κ1) is 15.1. The molecule has 0 heterocycles. The lowest BCUT2D eigenvalue weighted by atomic mass is 9.95. The van der Waals surface area contributed by atoms with Crippen molar-refractivity contribution in [2.75, 3.05) is 0 Å². The van der Waals surface area contributed by atoms with E-state index in [9.17, 15) is 27.2 Å². The highest BCUT2D eigenvalue weighted by atomic mass is 19.4. The van der Waals surface area contributed by atoms with Gasteiger partial charge >= 0.3 is 12.1 Å². The molecule has 0 radical (unpaired) electrons. The van der Waals surface area contributed by atoms with E-state index in [1.807, 2.05) is 0 Å². The van der Waals surface area contributed by atoms with Crippen LogP contribution >= 0.6 is 0 Å². The van der Waals surface area contributed by atoms with Crippen molar-refractivity contribution in [2.45, 2.75) is 19.0 Å². The first-order valence-electron chi connectivity index (χ1n) is 5.27. The van der Waals surface area contributed by atoms with Gasteiger partial charge in [-0.15, -0.1) is 0 Å². The molecule has 0 aliphatic heterocycles. The number of carbonyl (C=O) groups excluding carboxylic acids is 1. The van der Waals surface area contributed by atoms with Crippen LogP contribution in [0.4, 0.5) is 17.6 Å². The minimum atomic E-state index is -4.77. The zero-order valence-corrected chi connectivity index (χ0v) is 9.58. The summed E-state index contributed by atoms with van der Waals surface area (Å²) in [4.78, 5) is 21.9. The molecule has 0 aromatic heterocycles. The van der Waals surface area contributed by atoms with Gasteiger partial charge in [-0.25, -0.2) is 4.39 Å². The fourth-order valence-corrected chi connectivity index (χ4v) is 1.49. The van der Waals surface area contributed by atoms with Gasteiger partial charge < -0.3 is 5.11 Å². The van der Waals surface area contributed by atoms with E-state index in [4.69, 9.17) is 5.11 Å². The van der Waals surface area contributed by atoms with Crippen LogP contribution in [0.5, 0.6) is 0 Å². The van der Waals surface area contributed by atoms with E-state index >= 15 is 0 Å². The van der Waals surface area contributed by atoms with Gasteiger partial charge in [-0.05, 0) is 24.3 Å². The molecule has 0 fully saturated rings. The Morgan fingerprint density at radius 3 is 2.05 bits per heavy atom. The second-order valence-electron chi connectivity index (χ2n) is 3.97. The summed E-state index contributed by atoms with van der Waals surface area (Å²) in [6.45, 7) is 0. The van der Waals surface area contributed by atoms with Gasteiger partial charge in [0, 0.05) is 12.0 Å². The van der Waals surface area contributed by atoms with Gasteiger partial charge in [0.15, 0.2) is 5.78 Å². The van der Waals surface area contributed by atoms with Crippen molar-refractivity contribution in [1.29, 1.82) is 0 Å². The van der Waals surface area contributed by atoms with Gasteiger partial charge in [0.05, 0.1) is 12.3 Å². The molecule has 0 amide bonds. The number of ketones is 1. The zero-order chi connectivity index (χ0) is 14.6. The smallest absolute Gasteiger partial charge is 0.392 e. The third-order valence-electron chi connectivity index (χ3n) is 2.48. The van der Waals surface area contributed by atoms with Crippen LogP contribution < -0.4 is 0 Å². The molecule has 1 atom stereocenters. The predicted octanol–water partition coefficient (Wildman–Crippen LogP) is 3.05. The van der Waals surface area contributed by atoms with Gasteiger partial charge in [0.2, 0.25) is 0 Å². The summed E-state index contributed by atoms with van der Waals surface area (Å²) in [5, 5.41) is 8.41. The Hall–Kier alpha value is -1.92. The molecule has 1 N–H and O–H groups in total. The Kier molecular flexibility index (Phi) is 4.63. The van der Waals surface area contributed by atoms with Crippen LogP contribution in [0.2, 0.25) is 0 Å². The summed E-state index contributed by atoms with van der Waals surface area (Å²) in [5.41, 5.74) is -0.0824. The van der Waals surface area contributed by atoms with Crippen molar-refractivity contribution in [1.82, 2.24) is 0 Å². The minimum absolute atomic E-state index is 0.0824. The van der Waals surface area contributed by atoms with Gasteiger partial charge in [-0.1, -0.05) is 0 Å². The Balaban J connectivity index is 2.81. The van der Waals surface area contributed by atoms with Crippen LogP contribution in [0.25, 0.3) is 0 Å². The molecule has 1 rings (SSSR count). The molecule has 0 unspecified atom stereocenters. The minimum Gasteiger partial charge on any atom is -0.481 e. The number of aliphatic carboxylic acids is 1. The molecule has 0 spiro atoms. The molecule has 7 heteroatoms. The van der Waals surface area contributed by atoms with Crippen LogP contribution in [0.3, 0.4) is 0 Å².